The molecule has 1 unspecified atom stereocenters. The maximum absolute atomic E-state index is 11.3. The lowest BCUT2D eigenvalue weighted by molar-refractivity contribution is 0.112. The first-order valence-electron chi connectivity index (χ1n) is 15.5. The maximum Gasteiger partial charge on any atom is 0.245 e. The summed E-state index contributed by atoms with van der Waals surface area (Å²) in [5.74, 6) is 2.04. The second-order valence-electron chi connectivity index (χ2n) is 13.1. The Labute approximate surface area is 275 Å². The molecule has 46 heavy (non-hydrogen) atoms. The van der Waals surface area contributed by atoms with Gasteiger partial charge in [0.05, 0.1) is 17.6 Å². The molecule has 0 saturated heterocycles. The van der Waals surface area contributed by atoms with Crippen LogP contribution < -0.4 is 14.8 Å². The van der Waals surface area contributed by atoms with Crippen LogP contribution in [0.25, 0.3) is 22.5 Å². The van der Waals surface area contributed by atoms with Crippen molar-refractivity contribution in [2.45, 2.75) is 78.3 Å². The minimum atomic E-state index is 0.0172. The molecule has 2 aromatic carbocycles. The zero-order valence-corrected chi connectivity index (χ0v) is 28.4. The highest BCUT2D eigenvalue weighted by Gasteiger charge is 2.21. The summed E-state index contributed by atoms with van der Waals surface area (Å²) in [4.78, 5) is 31.0. The van der Waals surface area contributed by atoms with E-state index in [9.17, 15) is 4.79 Å². The van der Waals surface area contributed by atoms with E-state index in [1.807, 2.05) is 36.4 Å². The highest BCUT2D eigenvalue weighted by atomic mass is 32.2. The van der Waals surface area contributed by atoms with Crippen molar-refractivity contribution in [3.8, 4) is 17.1 Å². The van der Waals surface area contributed by atoms with Crippen LogP contribution in [0.15, 0.2) is 70.1 Å². The number of nitrogens with zero attached hydrogens (tertiary/aromatic N) is 4. The molecule has 0 aliphatic carbocycles. The number of nitrogens with one attached hydrogen (secondary N) is 2. The van der Waals surface area contributed by atoms with Crippen LogP contribution >= 0.6 is 11.9 Å². The Kier molecular flexibility index (Phi) is 10.4. The normalized spacial score (nSPS) is 12.4. The number of carbonyl (C=O) groups excluding carboxylic acids is 1. The van der Waals surface area contributed by atoms with Gasteiger partial charge >= 0.3 is 0 Å². The SMILES string of the molecule is Cc1cccc(C)c1-c1cc(OCC(CC(C)(C)C)NCc2cnc3oc(C(C)C)cc3n2)nc(NSc2cccc(C=O)c2)n1. The van der Waals surface area contributed by atoms with Crippen molar-refractivity contribution in [3.63, 3.8) is 0 Å². The zero-order chi connectivity index (χ0) is 32.8. The maximum atomic E-state index is 11.3. The molecule has 240 valence electrons. The van der Waals surface area contributed by atoms with Gasteiger partial charge in [-0.05, 0) is 60.9 Å². The Hall–Kier alpha value is -4.28. The highest BCUT2D eigenvalue weighted by Crippen LogP contribution is 2.31. The van der Waals surface area contributed by atoms with Gasteiger partial charge in [-0.15, -0.1) is 0 Å². The monoisotopic (exact) mass is 638 g/mol. The Morgan fingerprint density at radius 3 is 2.48 bits per heavy atom. The van der Waals surface area contributed by atoms with E-state index in [-0.39, 0.29) is 17.4 Å². The number of anilines is 1. The number of ether oxygens (including phenoxy) is 1. The average molecular weight is 639 g/mol. The van der Waals surface area contributed by atoms with Crippen LogP contribution in [0.5, 0.6) is 5.88 Å². The van der Waals surface area contributed by atoms with Crippen LogP contribution in [0.1, 0.15) is 79.9 Å². The number of aryl methyl sites for hydroxylation is 2. The fourth-order valence-electron chi connectivity index (χ4n) is 5.26. The second-order valence-corrected chi connectivity index (χ2v) is 14.0. The fraction of sp³-hybridized carbons (Fsp3) is 0.361. The number of benzene rings is 2. The Bertz CT molecular complexity index is 1790. The van der Waals surface area contributed by atoms with E-state index in [1.54, 1.807) is 12.3 Å². The number of furan rings is 1. The molecule has 10 heteroatoms. The lowest BCUT2D eigenvalue weighted by atomic mass is 9.88. The lowest BCUT2D eigenvalue weighted by Crippen LogP contribution is -2.37. The van der Waals surface area contributed by atoms with E-state index >= 15 is 0 Å². The van der Waals surface area contributed by atoms with Gasteiger partial charge in [0.2, 0.25) is 17.5 Å². The predicted molar refractivity (Wildman–Crippen MR) is 184 cm³/mol. The third kappa shape index (κ3) is 8.70. The molecule has 0 fully saturated rings. The standard InChI is InChI=1S/C36H42N6O3S/c1-22(2)31-15-30-34(45-31)38-19-27(39-30)18-37-26(17-36(5,6)7)21-44-32-16-29(33-23(3)10-8-11-24(33)4)40-35(41-32)42-46-28-13-9-12-25(14-28)20-43/h8-16,19-20,22,26,37H,17-18,21H2,1-7H3,(H,40,41,42). The predicted octanol–water partition coefficient (Wildman–Crippen LogP) is 8.33. The van der Waals surface area contributed by atoms with E-state index in [0.29, 0.717) is 36.3 Å². The van der Waals surface area contributed by atoms with Crippen molar-refractivity contribution < 1.29 is 13.9 Å². The number of aromatic nitrogens is 4. The van der Waals surface area contributed by atoms with Crippen molar-refractivity contribution >= 4 is 35.4 Å². The summed E-state index contributed by atoms with van der Waals surface area (Å²) in [6.45, 7) is 15.9. The molecule has 0 saturated carbocycles. The summed E-state index contributed by atoms with van der Waals surface area (Å²) in [6.07, 6.45) is 3.47. The Morgan fingerprint density at radius 2 is 1.76 bits per heavy atom. The molecule has 0 aliphatic heterocycles. The number of rotatable bonds is 13. The van der Waals surface area contributed by atoms with Gasteiger partial charge in [-0.25, -0.2) is 15.0 Å². The van der Waals surface area contributed by atoms with E-state index in [4.69, 9.17) is 24.1 Å². The van der Waals surface area contributed by atoms with Gasteiger partial charge < -0.3 is 14.5 Å². The average Bonchev–Trinajstić information content (AvgIpc) is 3.45. The number of fused-ring (bicyclic) bond motifs is 1. The number of aldehydes is 1. The van der Waals surface area contributed by atoms with E-state index < -0.39 is 0 Å². The van der Waals surface area contributed by atoms with Gasteiger partial charge in [-0.3, -0.25) is 9.52 Å². The Morgan fingerprint density at radius 1 is 1.00 bits per heavy atom. The van der Waals surface area contributed by atoms with Crippen LogP contribution in [0.3, 0.4) is 0 Å². The number of carbonyl (C=O) groups is 1. The second kappa shape index (κ2) is 14.4. The molecule has 1 atom stereocenters. The van der Waals surface area contributed by atoms with E-state index in [2.05, 4.69) is 75.6 Å². The van der Waals surface area contributed by atoms with Gasteiger partial charge in [-0.2, -0.15) is 4.98 Å². The molecule has 0 bridgehead atoms. The molecule has 0 radical (unpaired) electrons. The third-order valence-electron chi connectivity index (χ3n) is 7.43. The van der Waals surface area contributed by atoms with Crippen molar-refractivity contribution in [1.82, 2.24) is 25.3 Å². The fourth-order valence-corrected chi connectivity index (χ4v) is 5.90. The van der Waals surface area contributed by atoms with Crippen LogP contribution in [0, 0.1) is 19.3 Å². The van der Waals surface area contributed by atoms with Crippen LogP contribution in [0.2, 0.25) is 0 Å². The van der Waals surface area contributed by atoms with Gasteiger partial charge in [0.25, 0.3) is 0 Å². The summed E-state index contributed by atoms with van der Waals surface area (Å²) in [5, 5.41) is 3.64. The number of hydrogen-bond donors (Lipinski definition) is 2. The minimum absolute atomic E-state index is 0.0172. The molecule has 3 heterocycles. The molecule has 9 nitrogen and oxygen atoms in total. The highest BCUT2D eigenvalue weighted by molar-refractivity contribution is 8.00. The van der Waals surface area contributed by atoms with Crippen molar-refractivity contribution in [2.75, 3.05) is 11.3 Å². The third-order valence-corrected chi connectivity index (χ3v) is 8.21. The quantitative estimate of drug-likeness (QED) is 0.0963. The van der Waals surface area contributed by atoms with Crippen molar-refractivity contribution in [2.24, 2.45) is 5.41 Å². The summed E-state index contributed by atoms with van der Waals surface area (Å²) in [5.41, 5.74) is 6.88. The first-order chi connectivity index (χ1) is 22.0. The first kappa shape index (κ1) is 33.1. The van der Waals surface area contributed by atoms with E-state index in [1.165, 1.54) is 11.9 Å². The summed E-state index contributed by atoms with van der Waals surface area (Å²) in [7, 11) is 0. The topological polar surface area (TPSA) is 115 Å². The van der Waals surface area contributed by atoms with Gasteiger partial charge in [0.15, 0.2) is 0 Å². The zero-order valence-electron chi connectivity index (χ0n) is 27.5. The minimum Gasteiger partial charge on any atom is -0.476 e. The van der Waals surface area contributed by atoms with Gasteiger partial charge in [-0.1, -0.05) is 65.0 Å². The van der Waals surface area contributed by atoms with Crippen molar-refractivity contribution in [3.05, 3.63) is 88.9 Å². The molecule has 3 aromatic heterocycles. The van der Waals surface area contributed by atoms with Crippen LogP contribution in [-0.4, -0.2) is 38.9 Å². The molecule has 0 amide bonds. The smallest absolute Gasteiger partial charge is 0.245 e. The number of hydrogen-bond acceptors (Lipinski definition) is 10. The molecule has 5 rings (SSSR count). The Balaban J connectivity index is 1.36. The molecule has 5 aromatic rings. The van der Waals surface area contributed by atoms with Gasteiger partial charge in [0, 0.05) is 46.7 Å². The largest absolute Gasteiger partial charge is 0.476 e. The van der Waals surface area contributed by atoms with Crippen LogP contribution in [-0.2, 0) is 6.54 Å². The summed E-state index contributed by atoms with van der Waals surface area (Å²) < 4.78 is 15.5. The molecule has 0 spiro atoms. The molecule has 2 N–H and O–H groups in total. The van der Waals surface area contributed by atoms with E-state index in [0.717, 1.165) is 57.0 Å². The molecule has 0 aliphatic rings. The van der Waals surface area contributed by atoms with Gasteiger partial charge in [0.1, 0.15) is 24.2 Å². The van der Waals surface area contributed by atoms with Crippen molar-refractivity contribution in [1.29, 1.82) is 0 Å². The lowest BCUT2D eigenvalue weighted by Gasteiger charge is -2.27. The first-order valence-corrected chi connectivity index (χ1v) is 16.3. The summed E-state index contributed by atoms with van der Waals surface area (Å²) in [6, 6.07) is 17.5. The molecular formula is C36H42N6O3S. The van der Waals surface area contributed by atoms with Crippen LogP contribution in [0.4, 0.5) is 5.95 Å². The molecular weight excluding hydrogens is 597 g/mol. The summed E-state index contributed by atoms with van der Waals surface area (Å²) >= 11 is 1.34.